The van der Waals surface area contributed by atoms with E-state index >= 15 is 0 Å². The molecule has 1 aliphatic rings. The molecule has 5 nitrogen and oxygen atoms in total. The Kier molecular flexibility index (Phi) is 4.63. The number of aromatic hydroxyl groups is 1. The molecule has 0 bridgehead atoms. The first-order valence-electron chi connectivity index (χ1n) is 6.55. The number of amides is 1. The molecule has 2 N–H and O–H groups in total. The molecule has 1 heterocycles. The Hall–Kier alpha value is -1.75. The number of ether oxygens (including phenoxy) is 1. The zero-order valence-electron chi connectivity index (χ0n) is 11.2. The second-order valence-corrected chi connectivity index (χ2v) is 4.70. The zero-order valence-corrected chi connectivity index (χ0v) is 11.2. The Labute approximate surface area is 113 Å². The van der Waals surface area contributed by atoms with Crippen LogP contribution in [-0.4, -0.2) is 42.7 Å². The van der Waals surface area contributed by atoms with Crippen LogP contribution >= 0.6 is 0 Å². The number of phenols is 1. The van der Waals surface area contributed by atoms with Crippen molar-refractivity contribution in [1.82, 2.24) is 10.2 Å². The number of hydrogen-bond donors (Lipinski definition) is 2. The largest absolute Gasteiger partial charge is 0.504 e. The number of nitrogens with zero attached hydrogens (tertiary/aromatic N) is 1. The first-order valence-corrected chi connectivity index (χ1v) is 6.55. The van der Waals surface area contributed by atoms with Gasteiger partial charge in [0.1, 0.15) is 0 Å². The molecular weight excluding hydrogens is 244 g/mol. The van der Waals surface area contributed by atoms with Gasteiger partial charge in [-0.15, -0.1) is 0 Å². The number of carbonyl (C=O) groups is 1. The quantitative estimate of drug-likeness (QED) is 0.836. The lowest BCUT2D eigenvalue weighted by atomic mass is 10.2. The lowest BCUT2D eigenvalue weighted by molar-refractivity contribution is -0.129. The molecule has 1 aromatic carbocycles. The van der Waals surface area contributed by atoms with Gasteiger partial charge in [0.05, 0.1) is 13.7 Å². The van der Waals surface area contributed by atoms with Crippen LogP contribution < -0.4 is 10.1 Å². The molecule has 1 fully saturated rings. The van der Waals surface area contributed by atoms with Gasteiger partial charge >= 0.3 is 0 Å². The average Bonchev–Trinajstić information content (AvgIpc) is 2.94. The maximum atomic E-state index is 11.8. The summed E-state index contributed by atoms with van der Waals surface area (Å²) in [7, 11) is 1.52. The van der Waals surface area contributed by atoms with E-state index in [-0.39, 0.29) is 11.7 Å². The molecule has 0 spiro atoms. The summed E-state index contributed by atoms with van der Waals surface area (Å²) < 4.78 is 5.04. The number of carbonyl (C=O) groups excluding carboxylic acids is 1. The van der Waals surface area contributed by atoms with Crippen LogP contribution in [0.1, 0.15) is 18.4 Å². The second kappa shape index (κ2) is 6.43. The van der Waals surface area contributed by atoms with Crippen molar-refractivity contribution in [2.24, 2.45) is 0 Å². The van der Waals surface area contributed by atoms with Crippen LogP contribution in [0.4, 0.5) is 0 Å². The Bertz CT molecular complexity index is 442. The van der Waals surface area contributed by atoms with Crippen LogP contribution in [0, 0.1) is 0 Å². The van der Waals surface area contributed by atoms with Crippen LogP contribution in [0.2, 0.25) is 0 Å². The first kappa shape index (κ1) is 13.7. The van der Waals surface area contributed by atoms with Gasteiger partial charge in [0, 0.05) is 19.6 Å². The third-order valence-corrected chi connectivity index (χ3v) is 3.31. The van der Waals surface area contributed by atoms with Crippen LogP contribution in [0.5, 0.6) is 11.5 Å². The molecule has 5 heteroatoms. The molecule has 0 aromatic heterocycles. The highest BCUT2D eigenvalue weighted by Gasteiger charge is 2.16. The van der Waals surface area contributed by atoms with E-state index in [0.717, 1.165) is 31.5 Å². The fourth-order valence-corrected chi connectivity index (χ4v) is 2.22. The number of likely N-dealkylation sites (tertiary alicyclic amines) is 1. The second-order valence-electron chi connectivity index (χ2n) is 4.70. The molecular formula is C14H20N2O3. The molecule has 0 radical (unpaired) electrons. The normalized spacial score (nSPS) is 14.7. The van der Waals surface area contributed by atoms with Gasteiger partial charge in [0.25, 0.3) is 0 Å². The predicted octanol–water partition coefficient (Wildman–Crippen LogP) is 1.11. The predicted molar refractivity (Wildman–Crippen MR) is 72.2 cm³/mol. The fraction of sp³-hybridized carbons (Fsp3) is 0.500. The van der Waals surface area contributed by atoms with Crippen molar-refractivity contribution in [3.63, 3.8) is 0 Å². The van der Waals surface area contributed by atoms with Crippen molar-refractivity contribution < 1.29 is 14.6 Å². The van der Waals surface area contributed by atoms with Crippen LogP contribution in [0.25, 0.3) is 0 Å². The maximum Gasteiger partial charge on any atom is 0.236 e. The lowest BCUT2D eigenvalue weighted by Crippen LogP contribution is -2.35. The molecule has 0 unspecified atom stereocenters. The Balaban J connectivity index is 1.80. The summed E-state index contributed by atoms with van der Waals surface area (Å²) >= 11 is 0. The fourth-order valence-electron chi connectivity index (χ4n) is 2.22. The zero-order chi connectivity index (χ0) is 13.7. The van der Waals surface area contributed by atoms with Gasteiger partial charge in [-0.25, -0.2) is 0 Å². The SMILES string of the molecule is COc1cc(CNCC(=O)N2CCCC2)ccc1O. The topological polar surface area (TPSA) is 61.8 Å². The summed E-state index contributed by atoms with van der Waals surface area (Å²) in [5.41, 5.74) is 0.976. The van der Waals surface area contributed by atoms with Gasteiger partial charge in [-0.3, -0.25) is 4.79 Å². The third kappa shape index (κ3) is 3.61. The number of rotatable bonds is 5. The van der Waals surface area contributed by atoms with Crippen molar-refractivity contribution >= 4 is 5.91 Å². The van der Waals surface area contributed by atoms with E-state index in [9.17, 15) is 9.90 Å². The molecule has 1 amide bonds. The van der Waals surface area contributed by atoms with Crippen molar-refractivity contribution in [2.75, 3.05) is 26.7 Å². The lowest BCUT2D eigenvalue weighted by Gasteiger charge is -2.15. The van der Waals surface area contributed by atoms with Gasteiger partial charge in [0.15, 0.2) is 11.5 Å². The minimum atomic E-state index is 0.124. The summed E-state index contributed by atoms with van der Waals surface area (Å²) in [5, 5.41) is 12.6. The molecule has 0 saturated carbocycles. The molecule has 1 aromatic rings. The standard InChI is InChI=1S/C14H20N2O3/c1-19-13-8-11(4-5-12(13)17)9-15-10-14(18)16-6-2-3-7-16/h4-5,8,15,17H,2-3,6-7,9-10H2,1H3. The monoisotopic (exact) mass is 264 g/mol. The summed E-state index contributed by atoms with van der Waals surface area (Å²) in [6.45, 7) is 2.69. The maximum absolute atomic E-state index is 11.8. The minimum absolute atomic E-state index is 0.124. The molecule has 104 valence electrons. The van der Waals surface area contributed by atoms with E-state index in [1.807, 2.05) is 11.0 Å². The van der Waals surface area contributed by atoms with Gasteiger partial charge in [0.2, 0.25) is 5.91 Å². The van der Waals surface area contributed by atoms with Crippen molar-refractivity contribution in [3.8, 4) is 11.5 Å². The molecule has 0 atom stereocenters. The van der Waals surface area contributed by atoms with Gasteiger partial charge in [-0.05, 0) is 30.5 Å². The minimum Gasteiger partial charge on any atom is -0.504 e. The number of methoxy groups -OCH3 is 1. The molecule has 1 saturated heterocycles. The number of benzene rings is 1. The smallest absolute Gasteiger partial charge is 0.236 e. The van der Waals surface area contributed by atoms with E-state index < -0.39 is 0 Å². The van der Waals surface area contributed by atoms with Crippen LogP contribution in [0.3, 0.4) is 0 Å². The van der Waals surface area contributed by atoms with E-state index in [1.165, 1.54) is 7.11 Å². The van der Waals surface area contributed by atoms with Crippen molar-refractivity contribution in [2.45, 2.75) is 19.4 Å². The number of hydrogen-bond acceptors (Lipinski definition) is 4. The molecule has 0 aliphatic carbocycles. The van der Waals surface area contributed by atoms with E-state index in [4.69, 9.17) is 4.74 Å². The summed E-state index contributed by atoms with van der Waals surface area (Å²) in [6.07, 6.45) is 2.22. The van der Waals surface area contributed by atoms with Gasteiger partial charge < -0.3 is 20.1 Å². The van der Waals surface area contributed by atoms with E-state index in [1.54, 1.807) is 12.1 Å². The van der Waals surface area contributed by atoms with Crippen molar-refractivity contribution in [1.29, 1.82) is 0 Å². The molecule has 2 rings (SSSR count). The first-order chi connectivity index (χ1) is 9.20. The van der Waals surface area contributed by atoms with Crippen LogP contribution in [0.15, 0.2) is 18.2 Å². The van der Waals surface area contributed by atoms with Crippen molar-refractivity contribution in [3.05, 3.63) is 23.8 Å². The molecule has 1 aliphatic heterocycles. The highest BCUT2D eigenvalue weighted by molar-refractivity contribution is 5.78. The summed E-state index contributed by atoms with van der Waals surface area (Å²) in [5.74, 6) is 0.729. The molecule has 19 heavy (non-hydrogen) atoms. The van der Waals surface area contributed by atoms with Gasteiger partial charge in [-0.2, -0.15) is 0 Å². The number of nitrogens with one attached hydrogen (secondary N) is 1. The van der Waals surface area contributed by atoms with E-state index in [2.05, 4.69) is 5.32 Å². The Morgan fingerprint density at radius 2 is 2.16 bits per heavy atom. The number of phenolic OH excluding ortho intramolecular Hbond substituents is 1. The van der Waals surface area contributed by atoms with Gasteiger partial charge in [-0.1, -0.05) is 6.07 Å². The summed E-state index contributed by atoms with van der Waals surface area (Å²) in [4.78, 5) is 13.7. The summed E-state index contributed by atoms with van der Waals surface area (Å²) in [6, 6.07) is 5.17. The van der Waals surface area contributed by atoms with E-state index in [0.29, 0.717) is 18.8 Å². The highest BCUT2D eigenvalue weighted by atomic mass is 16.5. The van der Waals surface area contributed by atoms with Crippen LogP contribution in [-0.2, 0) is 11.3 Å². The Morgan fingerprint density at radius 1 is 1.42 bits per heavy atom. The highest BCUT2D eigenvalue weighted by Crippen LogP contribution is 2.26. The third-order valence-electron chi connectivity index (χ3n) is 3.31. The Morgan fingerprint density at radius 3 is 2.84 bits per heavy atom. The average molecular weight is 264 g/mol.